The van der Waals surface area contributed by atoms with E-state index in [1.807, 2.05) is 0 Å². The molecule has 0 radical (unpaired) electrons. The van der Waals surface area contributed by atoms with Crippen molar-refractivity contribution in [2.45, 2.75) is 195 Å². The fourth-order valence-electron chi connectivity index (χ4n) is 5.31. The Morgan fingerprint density at radius 1 is 0.333 bits per heavy atom. The molecule has 0 fully saturated rings. The molecule has 0 unspecified atom stereocenters. The van der Waals surface area contributed by atoms with Gasteiger partial charge in [0.25, 0.3) is 0 Å². The summed E-state index contributed by atoms with van der Waals surface area (Å²) < 4.78 is 0. The molecule has 0 atom stereocenters. The van der Waals surface area contributed by atoms with Gasteiger partial charge in [0.05, 0.1) is 0 Å². The van der Waals surface area contributed by atoms with E-state index >= 15 is 0 Å². The van der Waals surface area contributed by atoms with Crippen molar-refractivity contribution in [1.82, 2.24) is 0 Å². The first-order chi connectivity index (χ1) is 19.1. The van der Waals surface area contributed by atoms with Crippen molar-refractivity contribution in [2.24, 2.45) is 5.41 Å². The van der Waals surface area contributed by atoms with Gasteiger partial charge in [-0.2, -0.15) is 0 Å². The van der Waals surface area contributed by atoms with E-state index < -0.39 is 0 Å². The molecule has 0 spiro atoms. The molecule has 0 aliphatic heterocycles. The highest BCUT2D eigenvalue weighted by Gasteiger charge is 2.16. The van der Waals surface area contributed by atoms with Gasteiger partial charge in [0.2, 0.25) is 0 Å². The third kappa shape index (κ3) is 33.1. The SMILES string of the molecule is CCCCC/C=C\C/C=C\CCCCCCCCC(C)(C)CCCCCCCC/C=C\C/C=C\CCCCC. The number of hydrogen-bond acceptors (Lipinski definition) is 0. The van der Waals surface area contributed by atoms with E-state index in [0.717, 1.165) is 12.8 Å². The zero-order valence-electron chi connectivity index (χ0n) is 27.5. The Kier molecular flexibility index (Phi) is 30.6. The molecule has 0 saturated heterocycles. The van der Waals surface area contributed by atoms with Crippen LogP contribution in [0.3, 0.4) is 0 Å². The zero-order valence-corrected chi connectivity index (χ0v) is 27.5. The first-order valence-electron chi connectivity index (χ1n) is 17.7. The molecule has 0 aromatic carbocycles. The highest BCUT2D eigenvalue weighted by molar-refractivity contribution is 4.93. The van der Waals surface area contributed by atoms with Crippen molar-refractivity contribution in [2.75, 3.05) is 0 Å². The van der Waals surface area contributed by atoms with Crippen molar-refractivity contribution in [3.05, 3.63) is 48.6 Å². The predicted octanol–water partition coefficient (Wildman–Crippen LogP) is 14.4. The number of allylic oxidation sites excluding steroid dienone is 8. The summed E-state index contributed by atoms with van der Waals surface area (Å²) in [6.45, 7) is 9.56. The Hall–Kier alpha value is -1.04. The highest BCUT2D eigenvalue weighted by atomic mass is 14.2. The van der Waals surface area contributed by atoms with Crippen molar-refractivity contribution in [1.29, 1.82) is 0 Å². The first kappa shape index (κ1) is 38.0. The highest BCUT2D eigenvalue weighted by Crippen LogP contribution is 2.30. The van der Waals surface area contributed by atoms with Crippen LogP contribution in [0.25, 0.3) is 0 Å². The monoisotopic (exact) mass is 541 g/mol. The van der Waals surface area contributed by atoms with E-state index in [9.17, 15) is 0 Å². The summed E-state index contributed by atoms with van der Waals surface area (Å²) in [7, 11) is 0. The van der Waals surface area contributed by atoms with Gasteiger partial charge in [-0.25, -0.2) is 0 Å². The van der Waals surface area contributed by atoms with Crippen LogP contribution in [0.1, 0.15) is 195 Å². The Morgan fingerprint density at radius 2 is 0.615 bits per heavy atom. The first-order valence-corrected chi connectivity index (χ1v) is 17.7. The lowest BCUT2D eigenvalue weighted by atomic mass is 9.82. The molecule has 0 aliphatic carbocycles. The number of rotatable bonds is 30. The lowest BCUT2D eigenvalue weighted by Gasteiger charge is -2.24. The predicted molar refractivity (Wildman–Crippen MR) is 182 cm³/mol. The van der Waals surface area contributed by atoms with Crippen LogP contribution in [0.4, 0.5) is 0 Å². The molecule has 0 aromatic heterocycles. The molecular formula is C39H72. The Morgan fingerprint density at radius 3 is 0.949 bits per heavy atom. The van der Waals surface area contributed by atoms with E-state index in [-0.39, 0.29) is 0 Å². The van der Waals surface area contributed by atoms with Crippen LogP contribution >= 0.6 is 0 Å². The largest absolute Gasteiger partial charge is 0.0882 e. The summed E-state index contributed by atoms with van der Waals surface area (Å²) in [6, 6.07) is 0. The van der Waals surface area contributed by atoms with Crippen LogP contribution in [0, 0.1) is 5.41 Å². The topological polar surface area (TPSA) is 0 Å². The molecular weight excluding hydrogens is 468 g/mol. The number of hydrogen-bond donors (Lipinski definition) is 0. The summed E-state index contributed by atoms with van der Waals surface area (Å²) in [4.78, 5) is 0. The van der Waals surface area contributed by atoms with Gasteiger partial charge in [0, 0.05) is 0 Å². The Labute approximate surface area is 248 Å². The molecule has 0 N–H and O–H groups in total. The van der Waals surface area contributed by atoms with Gasteiger partial charge >= 0.3 is 0 Å². The van der Waals surface area contributed by atoms with Crippen LogP contribution in [0.15, 0.2) is 48.6 Å². The van der Waals surface area contributed by atoms with Crippen molar-refractivity contribution < 1.29 is 0 Å². The second-order valence-electron chi connectivity index (χ2n) is 12.8. The molecule has 39 heavy (non-hydrogen) atoms. The van der Waals surface area contributed by atoms with Gasteiger partial charge < -0.3 is 0 Å². The van der Waals surface area contributed by atoms with Gasteiger partial charge in [0.1, 0.15) is 0 Å². The summed E-state index contributed by atoms with van der Waals surface area (Å²) in [5.41, 5.74) is 0.546. The van der Waals surface area contributed by atoms with Crippen LogP contribution in [-0.2, 0) is 0 Å². The maximum absolute atomic E-state index is 2.51. The lowest BCUT2D eigenvalue weighted by Crippen LogP contribution is -2.11. The van der Waals surface area contributed by atoms with Crippen LogP contribution < -0.4 is 0 Å². The average molecular weight is 541 g/mol. The minimum atomic E-state index is 0.546. The summed E-state index contributed by atoms with van der Waals surface area (Å²) in [6.07, 6.45) is 54.1. The third-order valence-corrected chi connectivity index (χ3v) is 8.11. The van der Waals surface area contributed by atoms with Gasteiger partial charge in [0.15, 0.2) is 0 Å². The molecule has 0 heteroatoms. The Balaban J connectivity index is 3.42. The maximum atomic E-state index is 2.51. The third-order valence-electron chi connectivity index (χ3n) is 8.11. The van der Waals surface area contributed by atoms with Crippen molar-refractivity contribution in [3.63, 3.8) is 0 Å². The normalized spacial score (nSPS) is 12.8. The average Bonchev–Trinajstić information content (AvgIpc) is 2.92. The lowest BCUT2D eigenvalue weighted by molar-refractivity contribution is 0.282. The summed E-state index contributed by atoms with van der Waals surface area (Å²) in [5, 5.41) is 0. The van der Waals surface area contributed by atoms with Gasteiger partial charge in [-0.1, -0.05) is 166 Å². The maximum Gasteiger partial charge on any atom is -0.0169 e. The van der Waals surface area contributed by atoms with Crippen molar-refractivity contribution >= 4 is 0 Å². The van der Waals surface area contributed by atoms with Crippen LogP contribution in [0.2, 0.25) is 0 Å². The molecule has 0 aromatic rings. The molecule has 0 rings (SSSR count). The van der Waals surface area contributed by atoms with Crippen molar-refractivity contribution in [3.8, 4) is 0 Å². The molecule has 0 amide bonds. The summed E-state index contributed by atoms with van der Waals surface area (Å²) in [5.74, 6) is 0. The Bertz CT molecular complexity index is 523. The molecule has 0 heterocycles. The van der Waals surface area contributed by atoms with E-state index in [1.165, 1.54) is 154 Å². The van der Waals surface area contributed by atoms with E-state index in [1.54, 1.807) is 0 Å². The molecule has 0 bridgehead atoms. The number of unbranched alkanes of at least 4 members (excludes halogenated alkanes) is 18. The summed E-state index contributed by atoms with van der Waals surface area (Å²) >= 11 is 0. The fraction of sp³-hybridized carbons (Fsp3) is 0.795. The van der Waals surface area contributed by atoms with Crippen LogP contribution in [-0.4, -0.2) is 0 Å². The van der Waals surface area contributed by atoms with Gasteiger partial charge in [-0.05, 0) is 82.5 Å². The zero-order chi connectivity index (χ0) is 28.5. The van der Waals surface area contributed by atoms with E-state index in [0.29, 0.717) is 5.41 Å². The fourth-order valence-corrected chi connectivity index (χ4v) is 5.31. The van der Waals surface area contributed by atoms with E-state index in [4.69, 9.17) is 0 Å². The van der Waals surface area contributed by atoms with Crippen LogP contribution in [0.5, 0.6) is 0 Å². The smallest absolute Gasteiger partial charge is 0.0169 e. The van der Waals surface area contributed by atoms with Gasteiger partial charge in [-0.3, -0.25) is 0 Å². The minimum Gasteiger partial charge on any atom is -0.0882 e. The quantitative estimate of drug-likeness (QED) is 0.0627. The second-order valence-corrected chi connectivity index (χ2v) is 12.8. The molecule has 0 aliphatic rings. The standard InChI is InChI=1S/C39H72/c1-5-7-9-11-13-15-17-19-21-23-25-27-29-31-33-35-37-39(3,4)38-36-34-32-30-28-26-24-22-20-18-16-14-12-10-8-6-2/h13-16,19-22H,5-12,17-18,23-38H2,1-4H3/b15-13-,16-14-,21-19-,22-20-. The molecule has 0 saturated carbocycles. The van der Waals surface area contributed by atoms with E-state index in [2.05, 4.69) is 76.3 Å². The second kappa shape index (κ2) is 31.5. The van der Waals surface area contributed by atoms with Gasteiger partial charge in [-0.15, -0.1) is 0 Å². The molecule has 228 valence electrons. The minimum absolute atomic E-state index is 0.546. The molecule has 0 nitrogen and oxygen atoms in total.